The Balaban J connectivity index is 1.94. The molecule has 1 aliphatic carbocycles. The first-order chi connectivity index (χ1) is 6.87. The van der Waals surface area contributed by atoms with Gasteiger partial charge in [-0.05, 0) is 17.8 Å². The van der Waals surface area contributed by atoms with Crippen molar-refractivity contribution >= 4 is 0 Å². The van der Waals surface area contributed by atoms with Crippen molar-refractivity contribution in [3.63, 3.8) is 0 Å². The van der Waals surface area contributed by atoms with Gasteiger partial charge in [-0.25, -0.2) is 4.63 Å². The van der Waals surface area contributed by atoms with Crippen LogP contribution < -0.4 is 5.32 Å². The number of nitrogens with one attached hydrogen (secondary N) is 1. The molecule has 4 heteroatoms. The molecule has 0 unspecified atom stereocenters. The zero-order valence-corrected chi connectivity index (χ0v) is 10.1. The van der Waals surface area contributed by atoms with Gasteiger partial charge in [-0.3, -0.25) is 0 Å². The lowest BCUT2D eigenvalue weighted by Gasteiger charge is -2.03. The molecule has 0 spiro atoms. The number of nitrogens with zero attached hydrogens (tertiary/aromatic N) is 2. The summed E-state index contributed by atoms with van der Waals surface area (Å²) in [5.74, 6) is 0. The van der Waals surface area contributed by atoms with Crippen LogP contribution in [0.15, 0.2) is 4.63 Å². The van der Waals surface area contributed by atoms with Crippen LogP contribution in [0.2, 0.25) is 0 Å². The van der Waals surface area contributed by atoms with E-state index in [1.165, 1.54) is 0 Å². The minimum absolute atomic E-state index is 0.359. The Labute approximate surface area is 90.4 Å². The molecular weight excluding hydrogens is 190 g/mol. The summed E-state index contributed by atoms with van der Waals surface area (Å²) in [6.45, 7) is 11.8. The first-order valence-corrected chi connectivity index (χ1v) is 5.39. The highest BCUT2D eigenvalue weighted by atomic mass is 16.6. The maximum atomic E-state index is 4.66. The third kappa shape index (κ3) is 1.47. The van der Waals surface area contributed by atoms with Crippen molar-refractivity contribution < 1.29 is 4.63 Å². The van der Waals surface area contributed by atoms with E-state index in [1.807, 2.05) is 6.92 Å². The Hall–Kier alpha value is -0.900. The quantitative estimate of drug-likeness (QED) is 0.826. The molecule has 0 bridgehead atoms. The number of hydrogen-bond acceptors (Lipinski definition) is 4. The number of aromatic nitrogens is 2. The number of aryl methyl sites for hydroxylation is 1. The SMILES string of the molecule is Cc1nonc1CNC1C(C)(C)C1(C)C. The van der Waals surface area contributed by atoms with Gasteiger partial charge in [0, 0.05) is 12.6 Å². The summed E-state index contributed by atoms with van der Waals surface area (Å²) in [7, 11) is 0. The first-order valence-electron chi connectivity index (χ1n) is 5.39. The third-order valence-corrected chi connectivity index (χ3v) is 4.24. The predicted octanol–water partition coefficient (Wildman–Crippen LogP) is 1.90. The molecule has 0 atom stereocenters. The molecule has 0 radical (unpaired) electrons. The van der Waals surface area contributed by atoms with Gasteiger partial charge >= 0.3 is 0 Å². The van der Waals surface area contributed by atoms with E-state index in [0.717, 1.165) is 17.9 Å². The summed E-state index contributed by atoms with van der Waals surface area (Å²) >= 11 is 0. The molecule has 0 saturated heterocycles. The number of hydrogen-bond donors (Lipinski definition) is 1. The van der Waals surface area contributed by atoms with E-state index in [-0.39, 0.29) is 0 Å². The molecule has 4 nitrogen and oxygen atoms in total. The van der Waals surface area contributed by atoms with E-state index in [2.05, 4.69) is 48.0 Å². The Kier molecular flexibility index (Phi) is 2.15. The smallest absolute Gasteiger partial charge is 0.121 e. The monoisotopic (exact) mass is 209 g/mol. The molecule has 1 N–H and O–H groups in total. The molecule has 15 heavy (non-hydrogen) atoms. The van der Waals surface area contributed by atoms with Crippen molar-refractivity contribution in [1.82, 2.24) is 15.6 Å². The zero-order chi connectivity index (χ0) is 11.3. The van der Waals surface area contributed by atoms with Gasteiger partial charge in [-0.15, -0.1) is 0 Å². The highest BCUT2D eigenvalue weighted by Crippen LogP contribution is 2.62. The molecule has 0 aromatic carbocycles. The Morgan fingerprint density at radius 1 is 1.20 bits per heavy atom. The summed E-state index contributed by atoms with van der Waals surface area (Å²) in [4.78, 5) is 0. The fourth-order valence-corrected chi connectivity index (χ4v) is 2.32. The molecule has 1 fully saturated rings. The Bertz CT molecular complexity index is 354. The Morgan fingerprint density at radius 2 is 1.80 bits per heavy atom. The van der Waals surface area contributed by atoms with Gasteiger partial charge in [0.05, 0.1) is 0 Å². The molecule has 84 valence electrons. The maximum absolute atomic E-state index is 4.66. The normalized spacial score (nSPS) is 23.0. The van der Waals surface area contributed by atoms with Crippen molar-refractivity contribution in [2.45, 2.75) is 47.2 Å². The molecule has 1 aromatic heterocycles. The van der Waals surface area contributed by atoms with Crippen molar-refractivity contribution in [2.75, 3.05) is 0 Å². The molecule has 1 saturated carbocycles. The Morgan fingerprint density at radius 3 is 2.20 bits per heavy atom. The van der Waals surface area contributed by atoms with E-state index in [1.54, 1.807) is 0 Å². The van der Waals surface area contributed by atoms with E-state index in [9.17, 15) is 0 Å². The molecule has 2 rings (SSSR count). The van der Waals surface area contributed by atoms with Gasteiger partial charge in [0.25, 0.3) is 0 Å². The van der Waals surface area contributed by atoms with Gasteiger partial charge in [-0.1, -0.05) is 38.0 Å². The molecule has 1 aromatic rings. The van der Waals surface area contributed by atoms with Gasteiger partial charge in [0.2, 0.25) is 0 Å². The summed E-state index contributed by atoms with van der Waals surface area (Å²) in [6.07, 6.45) is 0. The number of rotatable bonds is 3. The van der Waals surface area contributed by atoms with Crippen LogP contribution in [0.4, 0.5) is 0 Å². The molecular formula is C11H19N3O. The predicted molar refractivity (Wildman–Crippen MR) is 57.2 cm³/mol. The average molecular weight is 209 g/mol. The van der Waals surface area contributed by atoms with Crippen LogP contribution >= 0.6 is 0 Å². The standard InChI is InChI=1S/C11H19N3O/c1-7-8(14-15-13-7)6-12-9-10(2,3)11(9,4)5/h9,12H,6H2,1-5H3. The summed E-state index contributed by atoms with van der Waals surface area (Å²) in [6, 6.07) is 0.543. The van der Waals surface area contributed by atoms with Crippen LogP contribution in [0.3, 0.4) is 0 Å². The fraction of sp³-hybridized carbons (Fsp3) is 0.818. The second-order valence-electron chi connectivity index (χ2n) is 5.55. The second-order valence-corrected chi connectivity index (χ2v) is 5.55. The van der Waals surface area contributed by atoms with E-state index in [4.69, 9.17) is 0 Å². The van der Waals surface area contributed by atoms with Gasteiger partial charge in [0.15, 0.2) is 0 Å². The van der Waals surface area contributed by atoms with Gasteiger partial charge in [0.1, 0.15) is 11.4 Å². The van der Waals surface area contributed by atoms with Crippen LogP contribution in [-0.4, -0.2) is 16.4 Å². The fourth-order valence-electron chi connectivity index (χ4n) is 2.32. The van der Waals surface area contributed by atoms with Gasteiger partial charge in [-0.2, -0.15) is 0 Å². The summed E-state index contributed by atoms with van der Waals surface area (Å²) in [5.41, 5.74) is 2.50. The van der Waals surface area contributed by atoms with Crippen LogP contribution in [0.25, 0.3) is 0 Å². The minimum Gasteiger partial charge on any atom is -0.307 e. The van der Waals surface area contributed by atoms with Gasteiger partial charge < -0.3 is 5.32 Å². The average Bonchev–Trinajstić information content (AvgIpc) is 2.49. The topological polar surface area (TPSA) is 51.0 Å². The summed E-state index contributed by atoms with van der Waals surface area (Å²) < 4.78 is 4.66. The largest absolute Gasteiger partial charge is 0.307 e. The second kappa shape index (κ2) is 3.04. The maximum Gasteiger partial charge on any atom is 0.121 e. The highest BCUT2D eigenvalue weighted by molar-refractivity contribution is 5.18. The van der Waals surface area contributed by atoms with Crippen molar-refractivity contribution in [3.05, 3.63) is 11.4 Å². The molecule has 1 heterocycles. The van der Waals surface area contributed by atoms with E-state index in [0.29, 0.717) is 16.9 Å². The van der Waals surface area contributed by atoms with Crippen LogP contribution in [0.5, 0.6) is 0 Å². The summed E-state index contributed by atoms with van der Waals surface area (Å²) in [5, 5.41) is 11.1. The zero-order valence-electron chi connectivity index (χ0n) is 10.1. The lowest BCUT2D eigenvalue weighted by atomic mass is 10.0. The molecule has 0 aliphatic heterocycles. The van der Waals surface area contributed by atoms with Crippen molar-refractivity contribution in [3.8, 4) is 0 Å². The van der Waals surface area contributed by atoms with Crippen molar-refractivity contribution in [1.29, 1.82) is 0 Å². The van der Waals surface area contributed by atoms with E-state index < -0.39 is 0 Å². The van der Waals surface area contributed by atoms with Crippen molar-refractivity contribution in [2.24, 2.45) is 10.8 Å². The molecule has 0 amide bonds. The van der Waals surface area contributed by atoms with Crippen LogP contribution in [0.1, 0.15) is 39.1 Å². The lowest BCUT2D eigenvalue weighted by Crippen LogP contribution is -2.22. The highest BCUT2D eigenvalue weighted by Gasteiger charge is 2.64. The minimum atomic E-state index is 0.359. The lowest BCUT2D eigenvalue weighted by molar-refractivity contribution is 0.300. The molecule has 1 aliphatic rings. The van der Waals surface area contributed by atoms with Crippen LogP contribution in [-0.2, 0) is 6.54 Å². The van der Waals surface area contributed by atoms with Crippen LogP contribution in [0, 0.1) is 17.8 Å². The van der Waals surface area contributed by atoms with E-state index >= 15 is 0 Å². The first kappa shape index (κ1) is 10.6. The third-order valence-electron chi connectivity index (χ3n) is 4.24.